The fraction of sp³-hybridized carbons (Fsp3) is 0.407. The first kappa shape index (κ1) is 30.3. The zero-order valence-corrected chi connectivity index (χ0v) is 21.6. The minimum absolute atomic E-state index is 0.0336. The minimum atomic E-state index is -1.57. The monoisotopic (exact) mass is 528 g/mol. The van der Waals surface area contributed by atoms with Crippen LogP contribution < -0.4 is 21.7 Å². The highest BCUT2D eigenvalue weighted by Gasteiger charge is 2.33. The summed E-state index contributed by atoms with van der Waals surface area (Å²) in [5, 5.41) is 36.1. The highest BCUT2D eigenvalue weighted by atomic mass is 16.4. The lowest BCUT2D eigenvalue weighted by atomic mass is 9.99. The highest BCUT2D eigenvalue weighted by molar-refractivity contribution is 5.94. The van der Waals surface area contributed by atoms with Gasteiger partial charge in [0.25, 0.3) is 0 Å². The molecule has 0 fully saturated rings. The van der Waals surface area contributed by atoms with Gasteiger partial charge in [-0.15, -0.1) is 0 Å². The topological polar surface area (TPSA) is 191 Å². The predicted octanol–water partition coefficient (Wildman–Crippen LogP) is 0.0805. The summed E-state index contributed by atoms with van der Waals surface area (Å²) in [7, 11) is 0. The maximum atomic E-state index is 13.3. The summed E-state index contributed by atoms with van der Waals surface area (Å²) in [6, 6.07) is 10.4. The van der Waals surface area contributed by atoms with E-state index in [4.69, 9.17) is 5.73 Å². The van der Waals surface area contributed by atoms with Crippen molar-refractivity contribution in [1.82, 2.24) is 16.0 Å². The number of carboxylic acids is 1. The Labute approximate surface area is 221 Å². The number of benzene rings is 2. The lowest BCUT2D eigenvalue weighted by Crippen LogP contribution is -2.60. The molecule has 5 atom stereocenters. The molecule has 0 aliphatic rings. The van der Waals surface area contributed by atoms with Gasteiger partial charge in [0.05, 0.1) is 12.1 Å². The molecule has 11 heteroatoms. The van der Waals surface area contributed by atoms with E-state index in [1.165, 1.54) is 19.1 Å². The predicted molar refractivity (Wildman–Crippen MR) is 140 cm³/mol. The normalized spacial score (nSPS) is 15.0. The third-order valence-corrected chi connectivity index (χ3v) is 5.94. The van der Waals surface area contributed by atoms with E-state index in [0.717, 1.165) is 5.56 Å². The van der Waals surface area contributed by atoms with Gasteiger partial charge < -0.3 is 37.0 Å². The fourth-order valence-electron chi connectivity index (χ4n) is 3.74. The number of hydrogen-bond donors (Lipinski definition) is 7. The van der Waals surface area contributed by atoms with Crippen molar-refractivity contribution >= 4 is 23.7 Å². The molecule has 0 aromatic heterocycles. The second-order valence-electron chi connectivity index (χ2n) is 9.52. The molecule has 0 aliphatic heterocycles. The van der Waals surface area contributed by atoms with Crippen molar-refractivity contribution in [2.45, 2.75) is 63.9 Å². The number of rotatable bonds is 13. The molecule has 5 unspecified atom stereocenters. The number of nitrogens with two attached hydrogens (primary N) is 1. The summed E-state index contributed by atoms with van der Waals surface area (Å²) in [5.41, 5.74) is 7.57. The van der Waals surface area contributed by atoms with Crippen LogP contribution in [0.2, 0.25) is 0 Å². The van der Waals surface area contributed by atoms with Gasteiger partial charge in [-0.2, -0.15) is 0 Å². The van der Waals surface area contributed by atoms with Gasteiger partial charge in [0.15, 0.2) is 6.04 Å². The van der Waals surface area contributed by atoms with Crippen LogP contribution in [-0.2, 0) is 32.0 Å². The summed E-state index contributed by atoms with van der Waals surface area (Å²) < 4.78 is 0. The second-order valence-corrected chi connectivity index (χ2v) is 9.52. The molecule has 0 aliphatic carbocycles. The second kappa shape index (κ2) is 14.1. The van der Waals surface area contributed by atoms with Crippen LogP contribution in [0, 0.1) is 5.92 Å². The molecule has 0 bridgehead atoms. The maximum absolute atomic E-state index is 13.3. The van der Waals surface area contributed by atoms with Gasteiger partial charge >= 0.3 is 5.97 Å². The van der Waals surface area contributed by atoms with Gasteiger partial charge in [0, 0.05) is 6.42 Å². The van der Waals surface area contributed by atoms with Crippen molar-refractivity contribution in [3.63, 3.8) is 0 Å². The van der Waals surface area contributed by atoms with Crippen molar-refractivity contribution in [3.05, 3.63) is 65.7 Å². The number of phenols is 1. The summed E-state index contributed by atoms with van der Waals surface area (Å²) in [4.78, 5) is 50.5. The molecular formula is C27H36N4O7. The fourth-order valence-corrected chi connectivity index (χ4v) is 3.74. The van der Waals surface area contributed by atoms with E-state index >= 15 is 0 Å². The molecule has 8 N–H and O–H groups in total. The average Bonchev–Trinajstić information content (AvgIpc) is 2.86. The first-order valence-electron chi connectivity index (χ1n) is 12.3. The van der Waals surface area contributed by atoms with E-state index < -0.39 is 59.9 Å². The maximum Gasteiger partial charge on any atom is 0.328 e. The summed E-state index contributed by atoms with van der Waals surface area (Å²) >= 11 is 0. The third kappa shape index (κ3) is 9.16. The number of nitrogens with one attached hydrogen (secondary N) is 3. The van der Waals surface area contributed by atoms with Crippen molar-refractivity contribution in [2.24, 2.45) is 11.7 Å². The zero-order chi connectivity index (χ0) is 28.4. The summed E-state index contributed by atoms with van der Waals surface area (Å²) in [5.74, 6) is -3.89. The lowest BCUT2D eigenvalue weighted by Gasteiger charge is -2.27. The molecule has 0 heterocycles. The van der Waals surface area contributed by atoms with Gasteiger partial charge in [0.2, 0.25) is 17.7 Å². The molecule has 2 aromatic carbocycles. The Bertz CT molecular complexity index is 1090. The number of carbonyl (C=O) groups is 4. The van der Waals surface area contributed by atoms with Crippen molar-refractivity contribution < 1.29 is 34.5 Å². The van der Waals surface area contributed by atoms with Crippen molar-refractivity contribution in [1.29, 1.82) is 0 Å². The average molecular weight is 529 g/mol. The molecular weight excluding hydrogens is 492 g/mol. The number of hydrogen-bond acceptors (Lipinski definition) is 7. The Morgan fingerprint density at radius 3 is 1.84 bits per heavy atom. The summed E-state index contributed by atoms with van der Waals surface area (Å²) in [6.45, 7) is 4.54. The summed E-state index contributed by atoms with van der Waals surface area (Å²) in [6.07, 6.45) is -1.09. The standard InChI is InChI=1S/C27H36N4O7/c1-15(2)22(26(36)31-23(16(3)32)27(37)38)30-25(35)21(14-18-9-11-19(33)12-10-18)29-24(34)20(28)13-17-7-5-4-6-8-17/h4-12,15-16,20-23,32-33H,13-14,28H2,1-3H3,(H,29,34)(H,30,35)(H,31,36)(H,37,38). The van der Waals surface area contributed by atoms with Crippen LogP contribution in [0.3, 0.4) is 0 Å². The Morgan fingerprint density at radius 1 is 0.763 bits per heavy atom. The van der Waals surface area contributed by atoms with E-state index in [0.29, 0.717) is 5.56 Å². The molecule has 0 saturated heterocycles. The molecule has 3 amide bonds. The smallest absolute Gasteiger partial charge is 0.328 e. The van der Waals surface area contributed by atoms with Crippen LogP contribution in [0.4, 0.5) is 0 Å². The van der Waals surface area contributed by atoms with Gasteiger partial charge in [-0.1, -0.05) is 56.3 Å². The number of aliphatic carboxylic acids is 1. The van der Waals surface area contributed by atoms with Crippen LogP contribution in [-0.4, -0.2) is 69.3 Å². The van der Waals surface area contributed by atoms with E-state index in [1.807, 2.05) is 30.3 Å². The van der Waals surface area contributed by atoms with Crippen molar-refractivity contribution in [3.8, 4) is 5.75 Å². The minimum Gasteiger partial charge on any atom is -0.508 e. The number of carboxylic acid groups (broad SMARTS) is 1. The Kier molecular flexibility index (Phi) is 11.2. The van der Waals surface area contributed by atoms with Gasteiger partial charge in [-0.05, 0) is 42.5 Å². The molecule has 38 heavy (non-hydrogen) atoms. The molecule has 11 nitrogen and oxygen atoms in total. The number of aliphatic hydroxyl groups excluding tert-OH is 1. The van der Waals surface area contributed by atoms with Crippen LogP contribution >= 0.6 is 0 Å². The molecule has 0 saturated carbocycles. The van der Waals surface area contributed by atoms with Crippen LogP contribution in [0.1, 0.15) is 31.9 Å². The van der Waals surface area contributed by atoms with E-state index in [1.54, 1.807) is 26.0 Å². The van der Waals surface area contributed by atoms with Crippen LogP contribution in [0.25, 0.3) is 0 Å². The third-order valence-electron chi connectivity index (χ3n) is 5.94. The highest BCUT2D eigenvalue weighted by Crippen LogP contribution is 2.13. The number of phenolic OH excluding ortho intramolecular Hbond substituents is 1. The Balaban J connectivity index is 2.22. The number of aromatic hydroxyl groups is 1. The Hall–Kier alpha value is -3.96. The van der Waals surface area contributed by atoms with E-state index in [-0.39, 0.29) is 18.6 Å². The largest absolute Gasteiger partial charge is 0.508 e. The Morgan fingerprint density at radius 2 is 1.32 bits per heavy atom. The molecule has 2 rings (SSSR count). The zero-order valence-electron chi connectivity index (χ0n) is 21.6. The molecule has 206 valence electrons. The van der Waals surface area contributed by atoms with Crippen LogP contribution in [0.15, 0.2) is 54.6 Å². The first-order chi connectivity index (χ1) is 17.9. The lowest BCUT2D eigenvalue weighted by molar-refractivity contribution is -0.145. The quantitative estimate of drug-likeness (QED) is 0.190. The van der Waals surface area contributed by atoms with Crippen LogP contribution in [0.5, 0.6) is 5.75 Å². The van der Waals surface area contributed by atoms with Gasteiger partial charge in [-0.25, -0.2) is 4.79 Å². The number of aliphatic hydroxyl groups is 1. The molecule has 2 aromatic rings. The van der Waals surface area contributed by atoms with Crippen molar-refractivity contribution in [2.75, 3.05) is 0 Å². The molecule has 0 radical (unpaired) electrons. The van der Waals surface area contributed by atoms with Gasteiger partial charge in [-0.3, -0.25) is 14.4 Å². The number of amides is 3. The molecule has 0 spiro atoms. The first-order valence-corrected chi connectivity index (χ1v) is 12.3. The van der Waals surface area contributed by atoms with E-state index in [9.17, 15) is 34.5 Å². The van der Waals surface area contributed by atoms with Gasteiger partial charge in [0.1, 0.15) is 17.8 Å². The number of carbonyl (C=O) groups excluding carboxylic acids is 3. The van der Waals surface area contributed by atoms with E-state index in [2.05, 4.69) is 16.0 Å². The SMILES string of the molecule is CC(C)C(NC(=O)C(Cc1ccc(O)cc1)NC(=O)C(N)Cc1ccccc1)C(=O)NC(C(=O)O)C(C)O.